The Kier molecular flexibility index (Phi) is 2.24. The average Bonchev–Trinajstić information content (AvgIpc) is 2.81. The first-order valence-electron chi connectivity index (χ1n) is 3.68. The van der Waals surface area contributed by atoms with E-state index in [1.165, 1.54) is 5.92 Å². The summed E-state index contributed by atoms with van der Waals surface area (Å²) in [6.07, 6.45) is 2.32. The molecule has 1 saturated carbocycles. The molecule has 1 aromatic carbocycles. The number of rotatable bonds is 1. The third kappa shape index (κ3) is 1.56. The third-order valence-electron chi connectivity index (χ3n) is 1.89. The molecule has 0 aromatic heterocycles. The van der Waals surface area contributed by atoms with Crippen LogP contribution in [0, 0.1) is 5.92 Å². The second kappa shape index (κ2) is 3.10. The SMILES string of the molecule is Clc1cc([C]2CC2)cc(Cl)c1Cl. The predicted octanol–water partition coefficient (Wildman–Crippen LogP) is 4.36. The first kappa shape index (κ1) is 8.68. The lowest BCUT2D eigenvalue weighted by Crippen LogP contribution is -1.81. The molecule has 2 rings (SSSR count). The van der Waals surface area contributed by atoms with Gasteiger partial charge in [0.1, 0.15) is 0 Å². The van der Waals surface area contributed by atoms with Crippen molar-refractivity contribution in [2.75, 3.05) is 0 Å². The van der Waals surface area contributed by atoms with Gasteiger partial charge in [0, 0.05) is 5.92 Å². The first-order chi connectivity index (χ1) is 5.68. The quantitative estimate of drug-likeness (QED) is 0.617. The van der Waals surface area contributed by atoms with Crippen molar-refractivity contribution in [3.05, 3.63) is 38.7 Å². The fourth-order valence-electron chi connectivity index (χ4n) is 1.11. The zero-order chi connectivity index (χ0) is 8.72. The minimum Gasteiger partial charge on any atom is -0.0826 e. The largest absolute Gasteiger partial charge is 0.0826 e. The van der Waals surface area contributed by atoms with Crippen LogP contribution in [0.2, 0.25) is 15.1 Å². The van der Waals surface area contributed by atoms with Gasteiger partial charge in [-0.15, -0.1) is 0 Å². The summed E-state index contributed by atoms with van der Waals surface area (Å²) >= 11 is 17.5. The van der Waals surface area contributed by atoms with Gasteiger partial charge in [-0.25, -0.2) is 0 Å². The normalized spacial score (nSPS) is 16.6. The third-order valence-corrected chi connectivity index (χ3v) is 3.09. The van der Waals surface area contributed by atoms with E-state index in [4.69, 9.17) is 34.8 Å². The van der Waals surface area contributed by atoms with Gasteiger partial charge in [0.25, 0.3) is 0 Å². The van der Waals surface area contributed by atoms with E-state index in [0.717, 1.165) is 18.4 Å². The fourth-order valence-corrected chi connectivity index (χ4v) is 1.71. The van der Waals surface area contributed by atoms with Crippen LogP contribution in [-0.4, -0.2) is 0 Å². The van der Waals surface area contributed by atoms with Gasteiger partial charge >= 0.3 is 0 Å². The second-order valence-corrected chi connectivity index (χ2v) is 4.05. The Morgan fingerprint density at radius 2 is 1.42 bits per heavy atom. The molecule has 0 nitrogen and oxygen atoms in total. The van der Waals surface area contributed by atoms with Gasteiger partial charge in [0.15, 0.2) is 0 Å². The molecule has 0 bridgehead atoms. The Morgan fingerprint density at radius 3 is 1.83 bits per heavy atom. The van der Waals surface area contributed by atoms with E-state index in [2.05, 4.69) is 0 Å². The number of hydrogen-bond acceptors (Lipinski definition) is 0. The van der Waals surface area contributed by atoms with E-state index in [-0.39, 0.29) is 0 Å². The Labute approximate surface area is 86.4 Å². The van der Waals surface area contributed by atoms with Crippen molar-refractivity contribution in [3.8, 4) is 0 Å². The van der Waals surface area contributed by atoms with E-state index >= 15 is 0 Å². The summed E-state index contributed by atoms with van der Waals surface area (Å²) in [4.78, 5) is 0. The Hall–Kier alpha value is 0.0900. The van der Waals surface area contributed by atoms with Crippen molar-refractivity contribution in [3.63, 3.8) is 0 Å². The molecule has 0 atom stereocenters. The maximum absolute atomic E-state index is 5.86. The molecule has 63 valence electrons. The van der Waals surface area contributed by atoms with Crippen LogP contribution in [0.4, 0.5) is 0 Å². The summed E-state index contributed by atoms with van der Waals surface area (Å²) in [5.41, 5.74) is 1.13. The summed E-state index contributed by atoms with van der Waals surface area (Å²) in [6.45, 7) is 0. The highest BCUT2D eigenvalue weighted by Crippen LogP contribution is 2.42. The van der Waals surface area contributed by atoms with Crippen LogP contribution in [-0.2, 0) is 0 Å². The number of hydrogen-bond donors (Lipinski definition) is 0. The molecular weight excluding hydrogens is 214 g/mol. The van der Waals surface area contributed by atoms with Gasteiger partial charge < -0.3 is 0 Å². The molecule has 1 aliphatic carbocycles. The van der Waals surface area contributed by atoms with Crippen molar-refractivity contribution in [1.82, 2.24) is 0 Å². The fraction of sp³-hybridized carbons (Fsp3) is 0.222. The molecule has 0 spiro atoms. The minimum absolute atomic E-state index is 0.448. The van der Waals surface area contributed by atoms with Crippen LogP contribution < -0.4 is 0 Å². The summed E-state index contributed by atoms with van der Waals surface area (Å²) in [5, 5.41) is 1.53. The van der Waals surface area contributed by atoms with Crippen LogP contribution >= 0.6 is 34.8 Å². The van der Waals surface area contributed by atoms with E-state index in [0.29, 0.717) is 15.1 Å². The van der Waals surface area contributed by atoms with Crippen LogP contribution in [0.5, 0.6) is 0 Å². The van der Waals surface area contributed by atoms with Crippen LogP contribution in [0.3, 0.4) is 0 Å². The molecule has 0 heterocycles. The number of halogens is 3. The van der Waals surface area contributed by atoms with Crippen LogP contribution in [0.15, 0.2) is 12.1 Å². The minimum atomic E-state index is 0.448. The zero-order valence-electron chi connectivity index (χ0n) is 6.20. The van der Waals surface area contributed by atoms with E-state index in [9.17, 15) is 0 Å². The molecule has 0 unspecified atom stereocenters. The van der Waals surface area contributed by atoms with Gasteiger partial charge in [-0.1, -0.05) is 34.8 Å². The molecule has 0 aliphatic heterocycles. The molecule has 1 aliphatic rings. The van der Waals surface area contributed by atoms with Gasteiger partial charge in [0.2, 0.25) is 0 Å². The molecule has 0 amide bonds. The monoisotopic (exact) mass is 219 g/mol. The van der Waals surface area contributed by atoms with Gasteiger partial charge in [-0.2, -0.15) is 0 Å². The highest BCUT2D eigenvalue weighted by atomic mass is 35.5. The molecule has 0 saturated heterocycles. The molecule has 1 aromatic rings. The smallest absolute Gasteiger partial charge is 0.0778 e. The van der Waals surface area contributed by atoms with Crippen molar-refractivity contribution in [2.45, 2.75) is 12.8 Å². The Balaban J connectivity index is 2.45. The van der Waals surface area contributed by atoms with Crippen molar-refractivity contribution in [2.24, 2.45) is 0 Å². The van der Waals surface area contributed by atoms with Crippen molar-refractivity contribution >= 4 is 34.8 Å². The lowest BCUT2D eigenvalue weighted by molar-refractivity contribution is 1.41. The molecular formula is C9H6Cl3. The van der Waals surface area contributed by atoms with Crippen molar-refractivity contribution in [1.29, 1.82) is 0 Å². The maximum Gasteiger partial charge on any atom is 0.0778 e. The van der Waals surface area contributed by atoms with Crippen LogP contribution in [0.25, 0.3) is 0 Å². The van der Waals surface area contributed by atoms with Gasteiger partial charge in [-0.3, -0.25) is 0 Å². The van der Waals surface area contributed by atoms with E-state index in [1.54, 1.807) is 0 Å². The maximum atomic E-state index is 5.86. The number of benzene rings is 1. The molecule has 0 N–H and O–H groups in total. The Bertz CT molecular complexity index is 293. The van der Waals surface area contributed by atoms with Gasteiger partial charge in [-0.05, 0) is 30.5 Å². The summed E-state index contributed by atoms with van der Waals surface area (Å²) in [7, 11) is 0. The topological polar surface area (TPSA) is 0 Å². The zero-order valence-corrected chi connectivity index (χ0v) is 8.47. The molecule has 1 fully saturated rings. The van der Waals surface area contributed by atoms with Crippen LogP contribution in [0.1, 0.15) is 18.4 Å². The standard InChI is InChI=1S/C9H6Cl3/c10-7-3-6(5-1-2-5)4-8(11)9(7)12/h3-4H,1-2H2. The lowest BCUT2D eigenvalue weighted by atomic mass is 10.1. The predicted molar refractivity (Wildman–Crippen MR) is 53.1 cm³/mol. The van der Waals surface area contributed by atoms with E-state index in [1.807, 2.05) is 12.1 Å². The molecule has 1 radical (unpaired) electrons. The summed E-state index contributed by atoms with van der Waals surface area (Å²) in [5.74, 6) is 1.41. The average molecular weight is 221 g/mol. The second-order valence-electron chi connectivity index (χ2n) is 2.86. The highest BCUT2D eigenvalue weighted by molar-refractivity contribution is 6.48. The first-order valence-corrected chi connectivity index (χ1v) is 4.81. The molecule has 3 heteroatoms. The van der Waals surface area contributed by atoms with E-state index < -0.39 is 0 Å². The van der Waals surface area contributed by atoms with Gasteiger partial charge in [0.05, 0.1) is 15.1 Å². The van der Waals surface area contributed by atoms with Crippen molar-refractivity contribution < 1.29 is 0 Å². The summed E-state index contributed by atoms with van der Waals surface area (Å²) < 4.78 is 0. The Morgan fingerprint density at radius 1 is 0.917 bits per heavy atom. The lowest BCUT2D eigenvalue weighted by Gasteiger charge is -2.02. The molecule has 12 heavy (non-hydrogen) atoms. The summed E-state index contributed by atoms with van der Waals surface area (Å²) in [6, 6.07) is 3.75. The highest BCUT2D eigenvalue weighted by Gasteiger charge is 2.25.